The van der Waals surface area contributed by atoms with Crippen LogP contribution in [-0.2, 0) is 17.8 Å². The summed E-state index contributed by atoms with van der Waals surface area (Å²) in [5.74, 6) is -0.0398. The van der Waals surface area contributed by atoms with E-state index in [1.165, 1.54) is 0 Å². The minimum absolute atomic E-state index is 0.0183. The highest BCUT2D eigenvalue weighted by molar-refractivity contribution is 6.29. The van der Waals surface area contributed by atoms with Gasteiger partial charge in [-0.25, -0.2) is 4.98 Å². The van der Waals surface area contributed by atoms with Gasteiger partial charge < -0.3 is 16.8 Å². The summed E-state index contributed by atoms with van der Waals surface area (Å²) in [7, 11) is 0. The number of carbonyl (C=O) groups excluding carboxylic acids is 1. The van der Waals surface area contributed by atoms with Gasteiger partial charge in [0.25, 0.3) is 0 Å². The van der Waals surface area contributed by atoms with E-state index in [1.807, 2.05) is 30.3 Å². The third-order valence-corrected chi connectivity index (χ3v) is 3.80. The number of halogens is 1. The molecule has 1 amide bonds. The van der Waals surface area contributed by atoms with Gasteiger partial charge in [0.15, 0.2) is 5.82 Å². The second-order valence-corrected chi connectivity index (χ2v) is 5.78. The molecular formula is C17H16ClN5O. The highest BCUT2D eigenvalue weighted by atomic mass is 35.5. The summed E-state index contributed by atoms with van der Waals surface area (Å²) in [6.45, 7) is 0.512. The fraction of sp³-hybridized carbons (Fsp3) is 0.118. The molecule has 0 aliphatic rings. The van der Waals surface area contributed by atoms with Crippen molar-refractivity contribution in [2.45, 2.75) is 13.0 Å². The molecule has 2 heterocycles. The molecule has 24 heavy (non-hydrogen) atoms. The zero-order chi connectivity index (χ0) is 17.1. The van der Waals surface area contributed by atoms with E-state index in [4.69, 9.17) is 23.1 Å². The van der Waals surface area contributed by atoms with Crippen molar-refractivity contribution in [1.82, 2.24) is 9.97 Å². The minimum atomic E-state index is -0.475. The van der Waals surface area contributed by atoms with E-state index < -0.39 is 5.91 Å². The van der Waals surface area contributed by atoms with Gasteiger partial charge in [-0.2, -0.15) is 0 Å². The summed E-state index contributed by atoms with van der Waals surface area (Å²) in [6, 6.07) is 11.4. The molecule has 0 spiro atoms. The maximum atomic E-state index is 11.1. The molecule has 0 aliphatic carbocycles. The van der Waals surface area contributed by atoms with E-state index in [-0.39, 0.29) is 11.6 Å². The van der Waals surface area contributed by atoms with Crippen LogP contribution in [0.4, 0.5) is 11.5 Å². The first kappa shape index (κ1) is 16.0. The Kier molecular flexibility index (Phi) is 4.48. The summed E-state index contributed by atoms with van der Waals surface area (Å²) in [5, 5.41) is 4.46. The molecule has 3 rings (SSSR count). The predicted molar refractivity (Wildman–Crippen MR) is 95.6 cm³/mol. The van der Waals surface area contributed by atoms with Crippen LogP contribution in [0, 0.1) is 0 Å². The second-order valence-electron chi connectivity index (χ2n) is 5.39. The molecule has 0 fully saturated rings. The fourth-order valence-corrected chi connectivity index (χ4v) is 2.68. The average molecular weight is 342 g/mol. The Hall–Kier alpha value is -2.86. The van der Waals surface area contributed by atoms with Crippen LogP contribution in [0.2, 0.25) is 5.15 Å². The number of anilines is 2. The van der Waals surface area contributed by atoms with Gasteiger partial charge in [0.05, 0.1) is 17.6 Å². The number of aromatic nitrogens is 2. The van der Waals surface area contributed by atoms with Crippen LogP contribution in [0.1, 0.15) is 11.1 Å². The van der Waals surface area contributed by atoms with Crippen molar-refractivity contribution in [3.05, 3.63) is 58.9 Å². The van der Waals surface area contributed by atoms with Crippen LogP contribution in [0.5, 0.6) is 0 Å². The van der Waals surface area contributed by atoms with Gasteiger partial charge in [-0.05, 0) is 35.4 Å². The maximum Gasteiger partial charge on any atom is 0.221 e. The zero-order valence-corrected chi connectivity index (χ0v) is 13.5. The van der Waals surface area contributed by atoms with Crippen LogP contribution < -0.4 is 16.8 Å². The van der Waals surface area contributed by atoms with Gasteiger partial charge in [-0.3, -0.25) is 9.78 Å². The molecule has 6 nitrogen and oxygen atoms in total. The molecule has 0 saturated heterocycles. The first-order valence-corrected chi connectivity index (χ1v) is 7.71. The number of nitrogen functional groups attached to an aromatic ring is 1. The standard InChI is InChI=1S/C17H16ClN5O/c18-14-7-12(8-15(19)24)16(20)17(23-14)22-9-10-3-4-13-11(6-10)2-1-5-21-13/h1-7H,8-9,20H2,(H2,19,24)(H,22,23). The number of pyridine rings is 2. The molecule has 0 unspecified atom stereocenters. The summed E-state index contributed by atoms with van der Waals surface area (Å²) in [4.78, 5) is 19.6. The zero-order valence-electron chi connectivity index (χ0n) is 12.8. The van der Waals surface area contributed by atoms with Gasteiger partial charge in [0.1, 0.15) is 5.15 Å². The summed E-state index contributed by atoms with van der Waals surface area (Å²) in [6.07, 6.45) is 1.78. The number of nitrogens with one attached hydrogen (secondary N) is 1. The SMILES string of the molecule is NC(=O)Cc1cc(Cl)nc(NCc2ccc3ncccc3c2)c1N. The van der Waals surface area contributed by atoms with E-state index in [9.17, 15) is 4.79 Å². The van der Waals surface area contributed by atoms with Crippen molar-refractivity contribution in [3.63, 3.8) is 0 Å². The summed E-state index contributed by atoms with van der Waals surface area (Å²) in [5.41, 5.74) is 14.2. The Morgan fingerprint density at radius 1 is 1.25 bits per heavy atom. The minimum Gasteiger partial charge on any atom is -0.396 e. The molecule has 0 atom stereocenters. The van der Waals surface area contributed by atoms with Crippen LogP contribution in [0.3, 0.4) is 0 Å². The van der Waals surface area contributed by atoms with Crippen LogP contribution in [-0.4, -0.2) is 15.9 Å². The number of hydrogen-bond donors (Lipinski definition) is 3. The van der Waals surface area contributed by atoms with Gasteiger partial charge in [0.2, 0.25) is 5.91 Å². The molecule has 2 aromatic heterocycles. The van der Waals surface area contributed by atoms with Crippen LogP contribution in [0.15, 0.2) is 42.6 Å². The highest BCUT2D eigenvalue weighted by Gasteiger charge is 2.11. The number of carbonyl (C=O) groups is 1. The topological polar surface area (TPSA) is 107 Å². The maximum absolute atomic E-state index is 11.1. The molecule has 0 radical (unpaired) electrons. The Bertz CT molecular complexity index is 913. The van der Waals surface area contributed by atoms with E-state index in [0.29, 0.717) is 23.6 Å². The van der Waals surface area contributed by atoms with Crippen molar-refractivity contribution >= 4 is 39.9 Å². The summed E-state index contributed by atoms with van der Waals surface area (Å²) >= 11 is 6.00. The van der Waals surface area contributed by atoms with Gasteiger partial charge >= 0.3 is 0 Å². The average Bonchev–Trinajstić information content (AvgIpc) is 2.56. The molecular weight excluding hydrogens is 326 g/mol. The number of fused-ring (bicyclic) bond motifs is 1. The number of rotatable bonds is 5. The molecule has 122 valence electrons. The summed E-state index contributed by atoms with van der Waals surface area (Å²) < 4.78 is 0. The Morgan fingerprint density at radius 3 is 2.88 bits per heavy atom. The number of benzene rings is 1. The Labute approximate surface area is 143 Å². The number of primary amides is 1. The van der Waals surface area contributed by atoms with Crippen molar-refractivity contribution in [2.75, 3.05) is 11.1 Å². The van der Waals surface area contributed by atoms with Crippen LogP contribution in [0.25, 0.3) is 10.9 Å². The first-order valence-electron chi connectivity index (χ1n) is 7.33. The van der Waals surface area contributed by atoms with Crippen molar-refractivity contribution < 1.29 is 4.79 Å². The smallest absolute Gasteiger partial charge is 0.221 e. The van der Waals surface area contributed by atoms with Crippen molar-refractivity contribution in [3.8, 4) is 0 Å². The molecule has 1 aromatic carbocycles. The number of amides is 1. The Balaban J connectivity index is 1.82. The molecule has 5 N–H and O–H groups in total. The third kappa shape index (κ3) is 3.55. The molecule has 7 heteroatoms. The number of nitrogens with two attached hydrogens (primary N) is 2. The van der Waals surface area contributed by atoms with E-state index in [1.54, 1.807) is 12.3 Å². The fourth-order valence-electron chi connectivity index (χ4n) is 2.46. The van der Waals surface area contributed by atoms with Gasteiger partial charge in [0, 0.05) is 18.1 Å². The highest BCUT2D eigenvalue weighted by Crippen LogP contribution is 2.25. The van der Waals surface area contributed by atoms with Gasteiger partial charge in [-0.1, -0.05) is 23.7 Å². The second kappa shape index (κ2) is 6.72. The Morgan fingerprint density at radius 2 is 2.08 bits per heavy atom. The molecule has 3 aromatic rings. The van der Waals surface area contributed by atoms with E-state index >= 15 is 0 Å². The number of nitrogens with zero attached hydrogens (tertiary/aromatic N) is 2. The third-order valence-electron chi connectivity index (χ3n) is 3.61. The quantitative estimate of drug-likeness (QED) is 0.618. The largest absolute Gasteiger partial charge is 0.396 e. The van der Waals surface area contributed by atoms with E-state index in [0.717, 1.165) is 16.5 Å². The van der Waals surface area contributed by atoms with E-state index in [2.05, 4.69) is 15.3 Å². The molecule has 0 aliphatic heterocycles. The molecule has 0 bridgehead atoms. The van der Waals surface area contributed by atoms with Crippen LogP contribution >= 0.6 is 11.6 Å². The van der Waals surface area contributed by atoms with Crippen molar-refractivity contribution in [1.29, 1.82) is 0 Å². The predicted octanol–water partition coefficient (Wildman–Crippen LogP) is 2.51. The van der Waals surface area contributed by atoms with Gasteiger partial charge in [-0.15, -0.1) is 0 Å². The number of hydrogen-bond acceptors (Lipinski definition) is 5. The molecule has 0 saturated carbocycles. The first-order chi connectivity index (χ1) is 11.5. The normalized spacial score (nSPS) is 10.7. The lowest BCUT2D eigenvalue weighted by Gasteiger charge is -2.12. The lowest BCUT2D eigenvalue weighted by atomic mass is 10.1. The lowest BCUT2D eigenvalue weighted by molar-refractivity contribution is -0.117. The van der Waals surface area contributed by atoms with Crippen molar-refractivity contribution in [2.24, 2.45) is 5.73 Å². The monoisotopic (exact) mass is 341 g/mol. The lowest BCUT2D eigenvalue weighted by Crippen LogP contribution is -2.16.